The van der Waals surface area contributed by atoms with E-state index in [2.05, 4.69) is 21.3 Å². The Morgan fingerprint density at radius 1 is 1.62 bits per heavy atom. The van der Waals surface area contributed by atoms with E-state index in [1.807, 2.05) is 6.07 Å². The zero-order chi connectivity index (χ0) is 9.26. The van der Waals surface area contributed by atoms with Gasteiger partial charge in [0.05, 0.1) is 6.10 Å². The Kier molecular flexibility index (Phi) is 3.06. The molecule has 0 spiro atoms. The predicted octanol–water partition coefficient (Wildman–Crippen LogP) is 3.21. The molecule has 0 amide bonds. The summed E-state index contributed by atoms with van der Waals surface area (Å²) in [5.41, 5.74) is 0. The average Bonchev–Trinajstić information content (AvgIpc) is 2.79. The molecule has 1 aromatic rings. The van der Waals surface area contributed by atoms with Gasteiger partial charge in [0.15, 0.2) is 0 Å². The molecule has 1 aliphatic carbocycles. The summed E-state index contributed by atoms with van der Waals surface area (Å²) < 4.78 is 1.15. The molecule has 3 heteroatoms. The fraction of sp³-hybridized carbons (Fsp3) is 0.600. The predicted molar refractivity (Wildman–Crippen MR) is 59.1 cm³/mol. The molecule has 0 radical (unpaired) electrons. The maximum Gasteiger partial charge on any atom is 0.0591 e. The van der Waals surface area contributed by atoms with Crippen LogP contribution in [0.1, 0.15) is 24.1 Å². The van der Waals surface area contributed by atoms with Crippen LogP contribution >= 0.6 is 27.3 Å². The molecule has 1 atom stereocenters. The molecule has 0 aromatic carbocycles. The highest BCUT2D eigenvalue weighted by molar-refractivity contribution is 9.10. The van der Waals surface area contributed by atoms with E-state index < -0.39 is 0 Å². The lowest BCUT2D eigenvalue weighted by atomic mass is 10.1. The number of aliphatic hydroxyl groups excluding tert-OH is 1. The van der Waals surface area contributed by atoms with Crippen LogP contribution < -0.4 is 0 Å². The van der Waals surface area contributed by atoms with Crippen molar-refractivity contribution in [2.75, 3.05) is 0 Å². The second kappa shape index (κ2) is 4.11. The van der Waals surface area contributed by atoms with E-state index in [1.165, 1.54) is 17.7 Å². The van der Waals surface area contributed by atoms with Crippen LogP contribution in [0.5, 0.6) is 0 Å². The number of halogens is 1. The van der Waals surface area contributed by atoms with Crippen molar-refractivity contribution in [3.63, 3.8) is 0 Å². The van der Waals surface area contributed by atoms with Crippen molar-refractivity contribution in [3.05, 3.63) is 20.8 Å². The van der Waals surface area contributed by atoms with E-state index in [1.54, 1.807) is 11.3 Å². The molecule has 1 unspecified atom stereocenters. The lowest BCUT2D eigenvalue weighted by Crippen LogP contribution is -2.10. The van der Waals surface area contributed by atoms with E-state index in [4.69, 9.17) is 0 Å². The number of thiophene rings is 1. The Morgan fingerprint density at radius 3 is 2.92 bits per heavy atom. The number of hydrogen-bond acceptors (Lipinski definition) is 2. The molecule has 1 nitrogen and oxygen atoms in total. The van der Waals surface area contributed by atoms with Gasteiger partial charge in [-0.05, 0) is 39.7 Å². The van der Waals surface area contributed by atoms with Crippen LogP contribution in [-0.4, -0.2) is 11.2 Å². The summed E-state index contributed by atoms with van der Waals surface area (Å²) in [6.07, 6.45) is 4.31. The third-order valence-electron chi connectivity index (χ3n) is 2.41. The summed E-state index contributed by atoms with van der Waals surface area (Å²) in [6, 6.07) is 2.05. The second-order valence-electron chi connectivity index (χ2n) is 3.73. The molecular weight excluding hydrogens is 248 g/mol. The van der Waals surface area contributed by atoms with Crippen molar-refractivity contribution in [3.8, 4) is 0 Å². The molecule has 1 saturated carbocycles. The summed E-state index contributed by atoms with van der Waals surface area (Å²) in [4.78, 5) is 1.27. The summed E-state index contributed by atoms with van der Waals surface area (Å²) in [5.74, 6) is 0.814. The number of rotatable bonds is 4. The van der Waals surface area contributed by atoms with Crippen molar-refractivity contribution in [1.82, 2.24) is 0 Å². The molecule has 1 aliphatic rings. The summed E-state index contributed by atoms with van der Waals surface area (Å²) in [7, 11) is 0. The van der Waals surface area contributed by atoms with Crippen LogP contribution in [0, 0.1) is 5.92 Å². The van der Waals surface area contributed by atoms with Crippen molar-refractivity contribution in [2.24, 2.45) is 5.92 Å². The van der Waals surface area contributed by atoms with Gasteiger partial charge >= 0.3 is 0 Å². The third-order valence-corrected chi connectivity index (χ3v) is 4.36. The fourth-order valence-corrected chi connectivity index (χ4v) is 3.09. The van der Waals surface area contributed by atoms with Crippen molar-refractivity contribution < 1.29 is 5.11 Å². The molecule has 2 rings (SSSR count). The highest BCUT2D eigenvalue weighted by atomic mass is 79.9. The monoisotopic (exact) mass is 260 g/mol. The Morgan fingerprint density at radius 2 is 2.38 bits per heavy atom. The van der Waals surface area contributed by atoms with Gasteiger partial charge in [0.25, 0.3) is 0 Å². The molecule has 1 heterocycles. The first-order valence-electron chi connectivity index (χ1n) is 4.65. The van der Waals surface area contributed by atoms with Crippen LogP contribution in [0.4, 0.5) is 0 Å². The normalized spacial score (nSPS) is 18.9. The molecule has 13 heavy (non-hydrogen) atoms. The van der Waals surface area contributed by atoms with E-state index in [-0.39, 0.29) is 6.10 Å². The first-order valence-corrected chi connectivity index (χ1v) is 6.33. The minimum absolute atomic E-state index is 0.137. The van der Waals surface area contributed by atoms with Crippen LogP contribution in [-0.2, 0) is 6.42 Å². The highest BCUT2D eigenvalue weighted by Gasteiger charge is 2.24. The van der Waals surface area contributed by atoms with Crippen molar-refractivity contribution in [2.45, 2.75) is 31.8 Å². The van der Waals surface area contributed by atoms with E-state index in [9.17, 15) is 5.11 Å². The van der Waals surface area contributed by atoms with Gasteiger partial charge in [-0.25, -0.2) is 0 Å². The summed E-state index contributed by atoms with van der Waals surface area (Å²) in [6.45, 7) is 0. The standard InChI is InChI=1S/C10H13BrOS/c11-9-3-4-13-10(9)6-8(12)5-7-1-2-7/h3-4,7-8,12H,1-2,5-6H2. The van der Waals surface area contributed by atoms with Crippen molar-refractivity contribution >= 4 is 27.3 Å². The Hall–Kier alpha value is 0.140. The molecule has 0 saturated heterocycles. The fourth-order valence-electron chi connectivity index (χ4n) is 1.51. The summed E-state index contributed by atoms with van der Waals surface area (Å²) >= 11 is 5.19. The van der Waals surface area contributed by atoms with Gasteiger partial charge in [-0.15, -0.1) is 11.3 Å². The number of aliphatic hydroxyl groups is 1. The van der Waals surface area contributed by atoms with Gasteiger partial charge in [0.2, 0.25) is 0 Å². The highest BCUT2D eigenvalue weighted by Crippen LogP contribution is 2.35. The van der Waals surface area contributed by atoms with Crippen molar-refractivity contribution in [1.29, 1.82) is 0 Å². The lowest BCUT2D eigenvalue weighted by Gasteiger charge is -2.08. The van der Waals surface area contributed by atoms with Crippen LogP contribution in [0.15, 0.2) is 15.9 Å². The molecule has 72 valence electrons. The third kappa shape index (κ3) is 2.79. The van der Waals surface area contributed by atoms with Gasteiger partial charge in [0, 0.05) is 15.8 Å². The first-order chi connectivity index (χ1) is 6.25. The van der Waals surface area contributed by atoms with Gasteiger partial charge in [-0.1, -0.05) is 12.8 Å². The average molecular weight is 261 g/mol. The first kappa shape index (κ1) is 9.69. The zero-order valence-corrected chi connectivity index (χ0v) is 9.77. The molecule has 1 N–H and O–H groups in total. The number of hydrogen-bond donors (Lipinski definition) is 1. The Bertz CT molecular complexity index is 280. The van der Waals surface area contributed by atoms with Gasteiger partial charge in [-0.3, -0.25) is 0 Å². The Labute approximate surface area is 90.9 Å². The van der Waals surface area contributed by atoms with Crippen LogP contribution in [0.2, 0.25) is 0 Å². The largest absolute Gasteiger partial charge is 0.393 e. The van der Waals surface area contributed by atoms with Gasteiger partial charge in [0.1, 0.15) is 0 Å². The molecular formula is C10H13BrOS. The molecule has 0 bridgehead atoms. The van der Waals surface area contributed by atoms with Gasteiger partial charge in [-0.2, -0.15) is 0 Å². The van der Waals surface area contributed by atoms with Gasteiger partial charge < -0.3 is 5.11 Å². The maximum absolute atomic E-state index is 9.74. The van der Waals surface area contributed by atoms with Crippen LogP contribution in [0.25, 0.3) is 0 Å². The smallest absolute Gasteiger partial charge is 0.0591 e. The Balaban J connectivity index is 1.85. The SMILES string of the molecule is OC(Cc1sccc1Br)CC1CC1. The second-order valence-corrected chi connectivity index (χ2v) is 5.58. The minimum Gasteiger partial charge on any atom is -0.393 e. The zero-order valence-electron chi connectivity index (χ0n) is 7.37. The molecule has 0 aliphatic heterocycles. The summed E-state index contributed by atoms with van der Waals surface area (Å²) in [5, 5.41) is 11.8. The maximum atomic E-state index is 9.74. The van der Waals surface area contributed by atoms with Crippen LogP contribution in [0.3, 0.4) is 0 Å². The quantitative estimate of drug-likeness (QED) is 0.882. The topological polar surface area (TPSA) is 20.2 Å². The van der Waals surface area contributed by atoms with E-state index in [0.717, 1.165) is 23.2 Å². The molecule has 1 aromatic heterocycles. The lowest BCUT2D eigenvalue weighted by molar-refractivity contribution is 0.158. The molecule has 1 fully saturated rings. The van der Waals surface area contributed by atoms with E-state index in [0.29, 0.717) is 0 Å². The minimum atomic E-state index is -0.137. The van der Waals surface area contributed by atoms with E-state index >= 15 is 0 Å².